The molecular formula is C16H27NO2. The van der Waals surface area contributed by atoms with Gasteiger partial charge < -0.3 is 14.8 Å². The molecule has 1 aromatic carbocycles. The van der Waals surface area contributed by atoms with Gasteiger partial charge in [0.1, 0.15) is 0 Å². The van der Waals surface area contributed by atoms with Gasteiger partial charge >= 0.3 is 0 Å². The van der Waals surface area contributed by atoms with Crippen LogP contribution >= 0.6 is 0 Å². The number of nitrogens with one attached hydrogen (secondary N) is 1. The maximum Gasteiger partial charge on any atom is 0.0700 e. The highest BCUT2D eigenvalue weighted by atomic mass is 16.5. The second kappa shape index (κ2) is 8.31. The molecule has 0 aliphatic carbocycles. The van der Waals surface area contributed by atoms with Gasteiger partial charge in [0.15, 0.2) is 0 Å². The average molecular weight is 265 g/mol. The Hall–Kier alpha value is -0.900. The Balaban J connectivity index is 2.43. The Labute approximate surface area is 117 Å². The number of ether oxygens (including phenoxy) is 2. The van der Waals surface area contributed by atoms with Gasteiger partial charge in [0, 0.05) is 19.7 Å². The minimum Gasteiger partial charge on any atom is -0.382 e. The van der Waals surface area contributed by atoms with E-state index in [0.29, 0.717) is 19.3 Å². The Kier molecular flexibility index (Phi) is 7.06. The van der Waals surface area contributed by atoms with Crippen molar-refractivity contribution in [2.24, 2.45) is 0 Å². The van der Waals surface area contributed by atoms with Crippen LogP contribution in [0.1, 0.15) is 35.2 Å². The number of hydrogen-bond acceptors (Lipinski definition) is 3. The fraction of sp³-hybridized carbons (Fsp3) is 0.625. The maximum absolute atomic E-state index is 5.45. The second-order valence-electron chi connectivity index (χ2n) is 5.09. The van der Waals surface area contributed by atoms with Gasteiger partial charge in [-0.25, -0.2) is 0 Å². The lowest BCUT2D eigenvalue weighted by molar-refractivity contribution is 0.0712. The molecular weight excluding hydrogens is 238 g/mol. The Morgan fingerprint density at radius 3 is 2.26 bits per heavy atom. The first-order valence-corrected chi connectivity index (χ1v) is 6.94. The number of rotatable bonds is 8. The van der Waals surface area contributed by atoms with Crippen LogP contribution in [-0.2, 0) is 9.47 Å². The second-order valence-corrected chi connectivity index (χ2v) is 5.09. The average Bonchev–Trinajstić information content (AvgIpc) is 2.32. The van der Waals surface area contributed by atoms with Crippen LogP contribution in [0.5, 0.6) is 0 Å². The Morgan fingerprint density at radius 2 is 1.68 bits per heavy atom. The molecule has 1 atom stereocenters. The van der Waals surface area contributed by atoms with E-state index in [1.165, 1.54) is 22.3 Å². The molecule has 0 fully saturated rings. The molecule has 0 aromatic heterocycles. The zero-order chi connectivity index (χ0) is 14.3. The van der Waals surface area contributed by atoms with E-state index < -0.39 is 0 Å². The van der Waals surface area contributed by atoms with Crippen LogP contribution < -0.4 is 5.32 Å². The first-order chi connectivity index (χ1) is 9.06. The minimum absolute atomic E-state index is 0.353. The summed E-state index contributed by atoms with van der Waals surface area (Å²) in [6.45, 7) is 11.6. The molecule has 0 aliphatic heterocycles. The van der Waals surface area contributed by atoms with Crippen molar-refractivity contribution >= 4 is 0 Å². The highest BCUT2D eigenvalue weighted by Crippen LogP contribution is 2.22. The van der Waals surface area contributed by atoms with Crippen LogP contribution in [0.4, 0.5) is 0 Å². The van der Waals surface area contributed by atoms with Gasteiger partial charge in [-0.3, -0.25) is 0 Å². The third-order valence-electron chi connectivity index (χ3n) is 3.30. The van der Waals surface area contributed by atoms with Gasteiger partial charge in [-0.1, -0.05) is 17.7 Å². The lowest BCUT2D eigenvalue weighted by Gasteiger charge is -2.20. The minimum atomic E-state index is 0.353. The molecule has 1 N–H and O–H groups in total. The van der Waals surface area contributed by atoms with Crippen molar-refractivity contribution in [3.63, 3.8) is 0 Å². The molecule has 0 bridgehead atoms. The van der Waals surface area contributed by atoms with E-state index in [1.807, 2.05) is 0 Å². The fourth-order valence-corrected chi connectivity index (χ4v) is 2.57. The molecule has 0 aliphatic rings. The molecule has 0 spiro atoms. The summed E-state index contributed by atoms with van der Waals surface area (Å²) in [4.78, 5) is 0. The molecule has 0 heterocycles. The summed E-state index contributed by atoms with van der Waals surface area (Å²) in [6, 6.07) is 4.84. The molecule has 0 amide bonds. The maximum atomic E-state index is 5.45. The third kappa shape index (κ3) is 5.31. The van der Waals surface area contributed by atoms with Crippen LogP contribution in [0.25, 0.3) is 0 Å². The lowest BCUT2D eigenvalue weighted by atomic mass is 9.95. The zero-order valence-electron chi connectivity index (χ0n) is 12.9. The Bertz CT molecular complexity index is 367. The molecule has 0 radical (unpaired) electrons. The van der Waals surface area contributed by atoms with Crippen molar-refractivity contribution in [2.45, 2.75) is 33.7 Å². The fourth-order valence-electron chi connectivity index (χ4n) is 2.57. The molecule has 1 unspecified atom stereocenters. The van der Waals surface area contributed by atoms with Crippen molar-refractivity contribution < 1.29 is 9.47 Å². The standard InChI is InChI=1S/C16H27NO2/c1-12-10-13(2)16(14(3)11-12)15(4)17-6-7-19-9-8-18-5/h10-11,15,17H,6-9H2,1-5H3. The van der Waals surface area contributed by atoms with Crippen LogP contribution in [0.2, 0.25) is 0 Å². The van der Waals surface area contributed by atoms with Gasteiger partial charge in [0.25, 0.3) is 0 Å². The topological polar surface area (TPSA) is 30.5 Å². The summed E-state index contributed by atoms with van der Waals surface area (Å²) in [7, 11) is 1.69. The van der Waals surface area contributed by atoms with Gasteiger partial charge in [-0.05, 0) is 44.4 Å². The van der Waals surface area contributed by atoms with E-state index >= 15 is 0 Å². The van der Waals surface area contributed by atoms with Gasteiger partial charge in [0.05, 0.1) is 19.8 Å². The highest BCUT2D eigenvalue weighted by molar-refractivity contribution is 5.39. The summed E-state index contributed by atoms with van der Waals surface area (Å²) in [5.74, 6) is 0. The van der Waals surface area contributed by atoms with Crippen molar-refractivity contribution in [1.29, 1.82) is 0 Å². The van der Waals surface area contributed by atoms with Crippen LogP contribution in [-0.4, -0.2) is 33.5 Å². The first-order valence-electron chi connectivity index (χ1n) is 6.94. The van der Waals surface area contributed by atoms with Crippen LogP contribution in [0, 0.1) is 20.8 Å². The largest absolute Gasteiger partial charge is 0.382 e. The van der Waals surface area contributed by atoms with Gasteiger partial charge in [0.2, 0.25) is 0 Å². The molecule has 0 saturated carbocycles. The summed E-state index contributed by atoms with van der Waals surface area (Å²) >= 11 is 0. The number of hydrogen-bond donors (Lipinski definition) is 1. The highest BCUT2D eigenvalue weighted by Gasteiger charge is 2.11. The Morgan fingerprint density at radius 1 is 1.05 bits per heavy atom. The SMILES string of the molecule is COCCOCCNC(C)c1c(C)cc(C)cc1C. The van der Waals surface area contributed by atoms with E-state index in [4.69, 9.17) is 9.47 Å². The summed E-state index contributed by atoms with van der Waals surface area (Å²) in [5, 5.41) is 3.51. The van der Waals surface area contributed by atoms with E-state index in [2.05, 4.69) is 45.1 Å². The zero-order valence-corrected chi connectivity index (χ0v) is 12.9. The predicted octanol–water partition coefficient (Wildman–Crippen LogP) is 2.93. The van der Waals surface area contributed by atoms with Crippen molar-refractivity contribution in [3.05, 3.63) is 34.4 Å². The molecule has 1 rings (SSSR count). The number of methoxy groups -OCH3 is 1. The van der Waals surface area contributed by atoms with Crippen molar-refractivity contribution in [1.82, 2.24) is 5.32 Å². The molecule has 3 heteroatoms. The lowest BCUT2D eigenvalue weighted by Crippen LogP contribution is -2.25. The molecule has 108 valence electrons. The van der Waals surface area contributed by atoms with Crippen molar-refractivity contribution in [2.75, 3.05) is 33.5 Å². The number of aryl methyl sites for hydroxylation is 3. The molecule has 0 saturated heterocycles. The molecule has 1 aromatic rings. The van der Waals surface area contributed by atoms with Gasteiger partial charge in [-0.2, -0.15) is 0 Å². The molecule has 19 heavy (non-hydrogen) atoms. The summed E-state index contributed by atoms with van der Waals surface area (Å²) in [5.41, 5.74) is 5.45. The van der Waals surface area contributed by atoms with E-state index in [9.17, 15) is 0 Å². The van der Waals surface area contributed by atoms with E-state index in [1.54, 1.807) is 7.11 Å². The summed E-state index contributed by atoms with van der Waals surface area (Å²) < 4.78 is 10.4. The third-order valence-corrected chi connectivity index (χ3v) is 3.30. The smallest absolute Gasteiger partial charge is 0.0700 e. The first kappa shape index (κ1) is 16.2. The quantitative estimate of drug-likeness (QED) is 0.733. The van der Waals surface area contributed by atoms with Crippen LogP contribution in [0.3, 0.4) is 0 Å². The van der Waals surface area contributed by atoms with Crippen LogP contribution in [0.15, 0.2) is 12.1 Å². The molecule has 3 nitrogen and oxygen atoms in total. The van der Waals surface area contributed by atoms with E-state index in [0.717, 1.165) is 13.2 Å². The van der Waals surface area contributed by atoms with Gasteiger partial charge in [-0.15, -0.1) is 0 Å². The van der Waals surface area contributed by atoms with E-state index in [-0.39, 0.29) is 0 Å². The number of benzene rings is 1. The normalized spacial score (nSPS) is 12.7. The predicted molar refractivity (Wildman–Crippen MR) is 79.8 cm³/mol. The monoisotopic (exact) mass is 265 g/mol. The summed E-state index contributed by atoms with van der Waals surface area (Å²) in [6.07, 6.45) is 0. The van der Waals surface area contributed by atoms with Crippen molar-refractivity contribution in [3.8, 4) is 0 Å².